The lowest BCUT2D eigenvalue weighted by Gasteiger charge is -2.28. The molecule has 1 aliphatic rings. The van der Waals surface area contributed by atoms with Crippen molar-refractivity contribution >= 4 is 33.5 Å². The quantitative estimate of drug-likeness (QED) is 0.312. The fourth-order valence-corrected chi connectivity index (χ4v) is 6.80. The molecule has 0 N–H and O–H groups in total. The summed E-state index contributed by atoms with van der Waals surface area (Å²) >= 11 is 0. The number of anilines is 1. The molecular weight excluding hydrogens is 508 g/mol. The first-order valence-electron chi connectivity index (χ1n) is 12.2. The molecule has 2 amide bonds. The number of carbonyl (C=O) groups excluding carboxylic acids is 3. The highest BCUT2D eigenvalue weighted by atomic mass is 32.2. The lowest BCUT2D eigenvalue weighted by atomic mass is 10.0. The summed E-state index contributed by atoms with van der Waals surface area (Å²) in [6.07, 6.45) is 1.09. The maximum Gasteiger partial charge on any atom is 0.338 e. The van der Waals surface area contributed by atoms with Crippen LogP contribution in [0.1, 0.15) is 51.7 Å². The maximum absolute atomic E-state index is 14.2. The molecular formula is C28H30N2O7S. The third-order valence-electron chi connectivity index (χ3n) is 6.86. The lowest BCUT2D eigenvalue weighted by molar-refractivity contribution is -0.122. The number of sulfonamides is 1. The highest BCUT2D eigenvalue weighted by Crippen LogP contribution is 2.34. The average molecular weight is 539 g/mol. The van der Waals surface area contributed by atoms with Crippen LogP contribution >= 0.6 is 0 Å². The lowest BCUT2D eigenvalue weighted by Crippen LogP contribution is -2.45. The molecule has 10 heteroatoms. The van der Waals surface area contributed by atoms with E-state index in [0.29, 0.717) is 16.9 Å². The Hall–Kier alpha value is -3.76. The Morgan fingerprint density at radius 2 is 1.68 bits per heavy atom. The Morgan fingerprint density at radius 1 is 1.05 bits per heavy atom. The fourth-order valence-electron chi connectivity index (χ4n) is 4.68. The van der Waals surface area contributed by atoms with Gasteiger partial charge in [0.2, 0.25) is 15.9 Å². The Bertz CT molecular complexity index is 1470. The Kier molecular flexibility index (Phi) is 7.57. The first kappa shape index (κ1) is 27.3. The molecule has 1 unspecified atom stereocenters. The summed E-state index contributed by atoms with van der Waals surface area (Å²) in [5.41, 5.74) is 3.30. The van der Waals surface area contributed by atoms with E-state index in [9.17, 15) is 22.8 Å². The summed E-state index contributed by atoms with van der Waals surface area (Å²) in [4.78, 5) is 39.8. The summed E-state index contributed by atoms with van der Waals surface area (Å²) in [6.45, 7) is 8.83. The second-order valence-electron chi connectivity index (χ2n) is 9.27. The largest absolute Gasteiger partial charge is 0.468 e. The molecule has 0 radical (unpaired) electrons. The van der Waals surface area contributed by atoms with Crippen LogP contribution in [-0.4, -0.2) is 43.2 Å². The smallest absolute Gasteiger partial charge is 0.338 e. The molecule has 1 fully saturated rings. The van der Waals surface area contributed by atoms with Crippen LogP contribution in [-0.2, 0) is 30.9 Å². The van der Waals surface area contributed by atoms with E-state index in [2.05, 4.69) is 0 Å². The molecule has 0 bridgehead atoms. The number of imide groups is 1. The SMILES string of the molecule is CCOC(=O)c1ccc(N2C(=O)CC(N(Cc3ccco3)S(=O)(=O)c3c(C)c(C)cc(C)c3C)C2=O)cc1. The van der Waals surface area contributed by atoms with Crippen molar-refractivity contribution in [3.05, 3.63) is 82.3 Å². The normalized spacial score (nSPS) is 15.9. The van der Waals surface area contributed by atoms with Gasteiger partial charge in [-0.15, -0.1) is 0 Å². The molecule has 200 valence electrons. The van der Waals surface area contributed by atoms with Gasteiger partial charge in [0.15, 0.2) is 0 Å². The predicted molar refractivity (Wildman–Crippen MR) is 140 cm³/mol. The van der Waals surface area contributed by atoms with E-state index in [0.717, 1.165) is 20.3 Å². The number of nitrogens with zero attached hydrogens (tertiary/aromatic N) is 2. The minimum absolute atomic E-state index is 0.124. The number of benzene rings is 2. The van der Waals surface area contributed by atoms with Gasteiger partial charge in [-0.2, -0.15) is 4.31 Å². The molecule has 0 saturated carbocycles. The number of carbonyl (C=O) groups is 3. The van der Waals surface area contributed by atoms with Crippen molar-refractivity contribution in [2.45, 2.75) is 58.5 Å². The summed E-state index contributed by atoms with van der Waals surface area (Å²) in [5.74, 6) is -1.40. The van der Waals surface area contributed by atoms with Gasteiger partial charge >= 0.3 is 5.97 Å². The van der Waals surface area contributed by atoms with Crippen LogP contribution in [0.3, 0.4) is 0 Å². The average Bonchev–Trinajstić information content (AvgIpc) is 3.48. The predicted octanol–water partition coefficient (Wildman–Crippen LogP) is 4.21. The van der Waals surface area contributed by atoms with Crippen LogP contribution in [0, 0.1) is 27.7 Å². The topological polar surface area (TPSA) is 114 Å². The number of rotatable bonds is 8. The third-order valence-corrected chi connectivity index (χ3v) is 8.99. The molecule has 0 spiro atoms. The number of esters is 1. The monoisotopic (exact) mass is 538 g/mol. The van der Waals surface area contributed by atoms with Crippen molar-refractivity contribution in [3.8, 4) is 0 Å². The van der Waals surface area contributed by atoms with Gasteiger partial charge in [-0.3, -0.25) is 9.59 Å². The maximum atomic E-state index is 14.2. The van der Waals surface area contributed by atoms with Crippen LogP contribution in [0.2, 0.25) is 0 Å². The zero-order valence-corrected chi connectivity index (χ0v) is 22.8. The second-order valence-corrected chi connectivity index (χ2v) is 11.1. The van der Waals surface area contributed by atoms with Gasteiger partial charge in [0.05, 0.1) is 42.0 Å². The van der Waals surface area contributed by atoms with Gasteiger partial charge < -0.3 is 9.15 Å². The van der Waals surface area contributed by atoms with Crippen LogP contribution in [0.15, 0.2) is 58.0 Å². The van der Waals surface area contributed by atoms with Gasteiger partial charge in [-0.05, 0) is 93.3 Å². The number of furan rings is 1. The van der Waals surface area contributed by atoms with Crippen molar-refractivity contribution < 1.29 is 32.0 Å². The molecule has 1 saturated heterocycles. The van der Waals surface area contributed by atoms with E-state index >= 15 is 0 Å². The standard InChI is InChI=1S/C28H30N2O7S/c1-6-36-28(33)21-9-11-22(12-10-21)30-25(31)15-24(27(30)32)29(16-23-8-7-13-37-23)38(34,35)26-19(4)17(2)14-18(3)20(26)5/h7-14,24H,6,15-16H2,1-5H3. The minimum atomic E-state index is -4.24. The molecule has 9 nitrogen and oxygen atoms in total. The van der Waals surface area contributed by atoms with E-state index in [1.165, 1.54) is 30.5 Å². The molecule has 1 aromatic heterocycles. The zero-order valence-electron chi connectivity index (χ0n) is 22.0. The molecule has 4 rings (SSSR count). The van der Waals surface area contributed by atoms with Crippen molar-refractivity contribution in [3.63, 3.8) is 0 Å². The first-order valence-corrected chi connectivity index (χ1v) is 13.7. The highest BCUT2D eigenvalue weighted by Gasteiger charge is 2.48. The first-order chi connectivity index (χ1) is 18.0. The van der Waals surface area contributed by atoms with Crippen molar-refractivity contribution in [1.82, 2.24) is 4.31 Å². The molecule has 1 aliphatic heterocycles. The van der Waals surface area contributed by atoms with Gasteiger partial charge in [0, 0.05) is 0 Å². The third kappa shape index (κ3) is 4.89. The number of hydrogen-bond acceptors (Lipinski definition) is 7. The van der Waals surface area contributed by atoms with Crippen LogP contribution < -0.4 is 4.90 Å². The van der Waals surface area contributed by atoms with E-state index in [1.54, 1.807) is 32.9 Å². The van der Waals surface area contributed by atoms with Crippen molar-refractivity contribution in [2.24, 2.45) is 0 Å². The summed E-state index contributed by atoms with van der Waals surface area (Å²) in [5, 5.41) is 0. The van der Waals surface area contributed by atoms with E-state index in [1.807, 2.05) is 19.9 Å². The highest BCUT2D eigenvalue weighted by molar-refractivity contribution is 7.89. The number of aryl methyl sites for hydroxylation is 2. The van der Waals surface area contributed by atoms with Crippen LogP contribution in [0.25, 0.3) is 0 Å². The molecule has 3 aromatic rings. The Morgan fingerprint density at radius 3 is 2.24 bits per heavy atom. The second kappa shape index (κ2) is 10.5. The van der Waals surface area contributed by atoms with Gasteiger partial charge in [-0.1, -0.05) is 6.07 Å². The van der Waals surface area contributed by atoms with Gasteiger partial charge in [0.1, 0.15) is 11.8 Å². The van der Waals surface area contributed by atoms with Crippen molar-refractivity contribution in [1.29, 1.82) is 0 Å². The zero-order chi connectivity index (χ0) is 27.8. The number of ether oxygens (including phenoxy) is 1. The molecule has 38 heavy (non-hydrogen) atoms. The number of amides is 2. The van der Waals surface area contributed by atoms with Gasteiger partial charge in [-0.25, -0.2) is 18.1 Å². The minimum Gasteiger partial charge on any atom is -0.468 e. The summed E-state index contributed by atoms with van der Waals surface area (Å²) in [6, 6.07) is 9.75. The number of hydrogen-bond donors (Lipinski definition) is 0. The molecule has 0 aliphatic carbocycles. The summed E-state index contributed by atoms with van der Waals surface area (Å²) < 4.78 is 39.9. The fraction of sp³-hybridized carbons (Fsp3) is 0.321. The van der Waals surface area contributed by atoms with Gasteiger partial charge in [0.25, 0.3) is 5.91 Å². The Balaban J connectivity index is 1.75. The van der Waals surface area contributed by atoms with E-state index in [-0.39, 0.29) is 35.7 Å². The summed E-state index contributed by atoms with van der Waals surface area (Å²) in [7, 11) is -4.24. The molecule has 2 heterocycles. The van der Waals surface area contributed by atoms with Crippen LogP contribution in [0.4, 0.5) is 5.69 Å². The van der Waals surface area contributed by atoms with Crippen molar-refractivity contribution in [2.75, 3.05) is 11.5 Å². The van der Waals surface area contributed by atoms with E-state index < -0.39 is 33.8 Å². The molecule has 1 atom stereocenters. The Labute approximate surface area is 222 Å². The molecule has 2 aromatic carbocycles. The van der Waals surface area contributed by atoms with E-state index in [4.69, 9.17) is 9.15 Å². The van der Waals surface area contributed by atoms with Crippen LogP contribution in [0.5, 0.6) is 0 Å².